The van der Waals surface area contributed by atoms with E-state index in [4.69, 9.17) is 5.73 Å². The van der Waals surface area contributed by atoms with E-state index in [1.165, 1.54) is 30.4 Å². The second kappa shape index (κ2) is 2.72. The second-order valence-electron chi connectivity index (χ2n) is 2.52. The van der Waals surface area contributed by atoms with Crippen molar-refractivity contribution in [2.75, 3.05) is 0 Å². The third kappa shape index (κ3) is 1.35. The lowest BCUT2D eigenvalue weighted by Gasteiger charge is -1.91. The molecule has 1 heteroatoms. The molecule has 0 aliphatic heterocycles. The zero-order valence-electron chi connectivity index (χ0n) is 5.85. The van der Waals surface area contributed by atoms with Crippen LogP contribution in [0, 0.1) is 0 Å². The standard InChI is InChI=1S/C8H13N/c1-7-3-2-4-8(7)5-6-9/h5-6H,2-4,9H2,1H3/b6-5-. The molecule has 1 aliphatic carbocycles. The van der Waals surface area contributed by atoms with Crippen molar-refractivity contribution in [1.82, 2.24) is 0 Å². The summed E-state index contributed by atoms with van der Waals surface area (Å²) in [4.78, 5) is 0. The second-order valence-corrected chi connectivity index (χ2v) is 2.52. The Morgan fingerprint density at radius 1 is 1.44 bits per heavy atom. The molecule has 0 saturated carbocycles. The SMILES string of the molecule is CC1=C(/C=C\N)CCC1. The van der Waals surface area contributed by atoms with E-state index in [0.717, 1.165) is 0 Å². The van der Waals surface area contributed by atoms with E-state index < -0.39 is 0 Å². The van der Waals surface area contributed by atoms with Crippen LogP contribution in [0.5, 0.6) is 0 Å². The Kier molecular flexibility index (Phi) is 1.93. The van der Waals surface area contributed by atoms with Gasteiger partial charge in [0.2, 0.25) is 0 Å². The van der Waals surface area contributed by atoms with Gasteiger partial charge in [0.05, 0.1) is 0 Å². The molecule has 9 heavy (non-hydrogen) atoms. The zero-order chi connectivity index (χ0) is 6.69. The Hall–Kier alpha value is -0.720. The maximum atomic E-state index is 5.26. The van der Waals surface area contributed by atoms with Crippen molar-refractivity contribution in [3.8, 4) is 0 Å². The smallest absolute Gasteiger partial charge is 0.00596 e. The molecule has 0 heterocycles. The first-order chi connectivity index (χ1) is 4.34. The van der Waals surface area contributed by atoms with E-state index in [9.17, 15) is 0 Å². The monoisotopic (exact) mass is 123 g/mol. The van der Waals surface area contributed by atoms with Gasteiger partial charge in [0.25, 0.3) is 0 Å². The van der Waals surface area contributed by atoms with Gasteiger partial charge in [0, 0.05) is 0 Å². The quantitative estimate of drug-likeness (QED) is 0.566. The molecule has 50 valence electrons. The van der Waals surface area contributed by atoms with Gasteiger partial charge in [-0.25, -0.2) is 0 Å². The van der Waals surface area contributed by atoms with Crippen LogP contribution in [0.1, 0.15) is 26.2 Å². The predicted molar refractivity (Wildman–Crippen MR) is 39.9 cm³/mol. The van der Waals surface area contributed by atoms with Crippen molar-refractivity contribution in [2.24, 2.45) is 5.73 Å². The van der Waals surface area contributed by atoms with E-state index in [1.807, 2.05) is 6.08 Å². The molecule has 0 aromatic carbocycles. The number of hydrogen-bond acceptors (Lipinski definition) is 1. The average molecular weight is 123 g/mol. The Labute approximate surface area is 56.2 Å². The summed E-state index contributed by atoms with van der Waals surface area (Å²) in [6.07, 6.45) is 7.44. The van der Waals surface area contributed by atoms with E-state index in [1.54, 1.807) is 6.20 Å². The van der Waals surface area contributed by atoms with E-state index >= 15 is 0 Å². The third-order valence-electron chi connectivity index (χ3n) is 1.84. The molecule has 0 fully saturated rings. The van der Waals surface area contributed by atoms with Crippen LogP contribution in [-0.2, 0) is 0 Å². The van der Waals surface area contributed by atoms with Crippen LogP contribution < -0.4 is 5.73 Å². The van der Waals surface area contributed by atoms with Gasteiger partial charge in [-0.2, -0.15) is 0 Å². The van der Waals surface area contributed by atoms with Crippen LogP contribution in [0.4, 0.5) is 0 Å². The predicted octanol–water partition coefficient (Wildman–Crippen LogP) is 1.96. The molecule has 0 aromatic heterocycles. The van der Waals surface area contributed by atoms with Crippen LogP contribution in [0.25, 0.3) is 0 Å². The van der Waals surface area contributed by atoms with Crippen molar-refractivity contribution < 1.29 is 0 Å². The summed E-state index contributed by atoms with van der Waals surface area (Å²) in [5.74, 6) is 0. The maximum Gasteiger partial charge on any atom is -0.00596 e. The number of rotatable bonds is 1. The first kappa shape index (κ1) is 6.40. The molecule has 0 amide bonds. The number of nitrogens with two attached hydrogens (primary N) is 1. The zero-order valence-corrected chi connectivity index (χ0v) is 5.85. The fraction of sp³-hybridized carbons (Fsp3) is 0.500. The van der Waals surface area contributed by atoms with Gasteiger partial charge < -0.3 is 5.73 Å². The Morgan fingerprint density at radius 2 is 2.22 bits per heavy atom. The minimum absolute atomic E-state index is 1.22. The Morgan fingerprint density at radius 3 is 2.67 bits per heavy atom. The minimum atomic E-state index is 1.22. The van der Waals surface area contributed by atoms with Crippen molar-refractivity contribution in [2.45, 2.75) is 26.2 Å². The van der Waals surface area contributed by atoms with Crippen molar-refractivity contribution in [3.05, 3.63) is 23.4 Å². The summed E-state index contributed by atoms with van der Waals surface area (Å²) >= 11 is 0. The molecule has 0 atom stereocenters. The molecule has 1 aliphatic rings. The lowest BCUT2D eigenvalue weighted by molar-refractivity contribution is 0.899. The molecule has 0 unspecified atom stereocenters. The summed E-state index contributed by atoms with van der Waals surface area (Å²) < 4.78 is 0. The molecule has 0 spiro atoms. The van der Waals surface area contributed by atoms with Gasteiger partial charge in [0.1, 0.15) is 0 Å². The first-order valence-electron chi connectivity index (χ1n) is 3.41. The van der Waals surface area contributed by atoms with Crippen molar-refractivity contribution >= 4 is 0 Å². The highest BCUT2D eigenvalue weighted by Crippen LogP contribution is 2.25. The largest absolute Gasteiger partial charge is 0.405 e. The molecular formula is C8H13N. The fourth-order valence-corrected chi connectivity index (χ4v) is 1.26. The minimum Gasteiger partial charge on any atom is -0.405 e. The highest BCUT2D eigenvalue weighted by molar-refractivity contribution is 5.27. The van der Waals surface area contributed by atoms with Gasteiger partial charge in [0.15, 0.2) is 0 Å². The highest BCUT2D eigenvalue weighted by atomic mass is 14.5. The molecule has 0 saturated heterocycles. The molecule has 0 bridgehead atoms. The maximum absolute atomic E-state index is 5.26. The lowest BCUT2D eigenvalue weighted by Crippen LogP contribution is -1.79. The van der Waals surface area contributed by atoms with Gasteiger partial charge in [-0.15, -0.1) is 0 Å². The number of hydrogen-bond donors (Lipinski definition) is 1. The number of allylic oxidation sites excluding steroid dienone is 3. The molecule has 0 aromatic rings. The topological polar surface area (TPSA) is 26.0 Å². The first-order valence-corrected chi connectivity index (χ1v) is 3.41. The van der Waals surface area contributed by atoms with Crippen LogP contribution >= 0.6 is 0 Å². The summed E-state index contributed by atoms with van der Waals surface area (Å²) in [6, 6.07) is 0. The molecule has 1 nitrogen and oxygen atoms in total. The van der Waals surface area contributed by atoms with E-state index in [0.29, 0.717) is 0 Å². The molecular weight excluding hydrogens is 110 g/mol. The summed E-state index contributed by atoms with van der Waals surface area (Å²) in [5.41, 5.74) is 8.21. The van der Waals surface area contributed by atoms with E-state index in [2.05, 4.69) is 6.92 Å². The summed E-state index contributed by atoms with van der Waals surface area (Å²) in [6.45, 7) is 2.18. The van der Waals surface area contributed by atoms with Crippen LogP contribution in [-0.4, -0.2) is 0 Å². The van der Waals surface area contributed by atoms with Crippen molar-refractivity contribution in [3.63, 3.8) is 0 Å². The third-order valence-corrected chi connectivity index (χ3v) is 1.84. The van der Waals surface area contributed by atoms with Crippen LogP contribution in [0.3, 0.4) is 0 Å². The molecule has 2 N–H and O–H groups in total. The molecule has 0 radical (unpaired) electrons. The van der Waals surface area contributed by atoms with Gasteiger partial charge in [-0.05, 0) is 44.0 Å². The Bertz CT molecular complexity index is 154. The van der Waals surface area contributed by atoms with Gasteiger partial charge in [-0.3, -0.25) is 0 Å². The summed E-state index contributed by atoms with van der Waals surface area (Å²) in [5, 5.41) is 0. The summed E-state index contributed by atoms with van der Waals surface area (Å²) in [7, 11) is 0. The van der Waals surface area contributed by atoms with E-state index in [-0.39, 0.29) is 0 Å². The molecule has 1 rings (SSSR count). The van der Waals surface area contributed by atoms with Crippen LogP contribution in [0.15, 0.2) is 23.4 Å². The average Bonchev–Trinajstić information content (AvgIpc) is 2.18. The van der Waals surface area contributed by atoms with Crippen molar-refractivity contribution in [1.29, 1.82) is 0 Å². The fourth-order valence-electron chi connectivity index (χ4n) is 1.26. The van der Waals surface area contributed by atoms with Crippen LogP contribution in [0.2, 0.25) is 0 Å². The van der Waals surface area contributed by atoms with Gasteiger partial charge in [-0.1, -0.05) is 5.57 Å². The van der Waals surface area contributed by atoms with Gasteiger partial charge >= 0.3 is 0 Å². The Balaban J connectivity index is 2.66. The highest BCUT2D eigenvalue weighted by Gasteiger charge is 2.06. The normalized spacial score (nSPS) is 20.1. The lowest BCUT2D eigenvalue weighted by atomic mass is 10.2.